The Labute approximate surface area is 112 Å². The number of carbonyl (C=O) groups is 1. The van der Waals surface area contributed by atoms with E-state index in [1.807, 2.05) is 12.3 Å². The number of carbonyl (C=O) groups excluding carboxylic acids is 1. The Hall–Kier alpha value is -0.100. The highest BCUT2D eigenvalue weighted by molar-refractivity contribution is 9.09. The van der Waals surface area contributed by atoms with Gasteiger partial charge in [-0.05, 0) is 17.9 Å². The third kappa shape index (κ3) is 4.05. The van der Waals surface area contributed by atoms with Crippen molar-refractivity contribution in [2.75, 3.05) is 25.1 Å². The minimum absolute atomic E-state index is 0.134. The van der Waals surface area contributed by atoms with Crippen molar-refractivity contribution in [3.05, 3.63) is 20.8 Å². The molecule has 0 unspecified atom stereocenters. The molecule has 0 aromatic carbocycles. The molecule has 0 fully saturated rings. The summed E-state index contributed by atoms with van der Waals surface area (Å²) in [6.45, 7) is 3.54. The lowest BCUT2D eigenvalue weighted by molar-refractivity contribution is 0.0928. The molecule has 0 aliphatic rings. The molecule has 0 aliphatic heterocycles. The summed E-state index contributed by atoms with van der Waals surface area (Å²) in [4.78, 5) is 12.2. The lowest BCUT2D eigenvalue weighted by atomic mass is 10.3. The number of ether oxygens (including phenoxy) is 1. The van der Waals surface area contributed by atoms with E-state index in [1.54, 1.807) is 0 Å². The standard InChI is InChI=1S/C10H13BrClNO2S/c1-7-6-16-9(8(7)12)10(14)13-3-5-15-4-2-11/h6H,2-5H2,1H3,(H,13,14). The topological polar surface area (TPSA) is 38.3 Å². The zero-order chi connectivity index (χ0) is 12.0. The van der Waals surface area contributed by atoms with Crippen molar-refractivity contribution in [1.82, 2.24) is 5.32 Å². The number of alkyl halides is 1. The maximum atomic E-state index is 11.7. The highest BCUT2D eigenvalue weighted by atomic mass is 79.9. The first-order valence-electron chi connectivity index (χ1n) is 4.82. The molecule has 0 atom stereocenters. The van der Waals surface area contributed by atoms with Crippen LogP contribution in [0.5, 0.6) is 0 Å². The quantitative estimate of drug-likeness (QED) is 0.645. The lowest BCUT2D eigenvalue weighted by Crippen LogP contribution is -2.27. The van der Waals surface area contributed by atoms with E-state index in [0.29, 0.717) is 29.7 Å². The van der Waals surface area contributed by atoms with Crippen molar-refractivity contribution < 1.29 is 9.53 Å². The smallest absolute Gasteiger partial charge is 0.262 e. The van der Waals surface area contributed by atoms with Gasteiger partial charge in [0.05, 0.1) is 18.2 Å². The monoisotopic (exact) mass is 325 g/mol. The van der Waals surface area contributed by atoms with E-state index >= 15 is 0 Å². The van der Waals surface area contributed by atoms with Gasteiger partial charge in [0.25, 0.3) is 5.91 Å². The van der Waals surface area contributed by atoms with Crippen molar-refractivity contribution in [3.8, 4) is 0 Å². The van der Waals surface area contributed by atoms with Crippen LogP contribution in [-0.4, -0.2) is 31.0 Å². The molecular weight excluding hydrogens is 314 g/mol. The van der Waals surface area contributed by atoms with E-state index < -0.39 is 0 Å². The SMILES string of the molecule is Cc1csc(C(=O)NCCOCCBr)c1Cl. The summed E-state index contributed by atoms with van der Waals surface area (Å²) in [6, 6.07) is 0. The molecule has 16 heavy (non-hydrogen) atoms. The highest BCUT2D eigenvalue weighted by Crippen LogP contribution is 2.26. The third-order valence-electron chi connectivity index (χ3n) is 1.86. The van der Waals surface area contributed by atoms with Gasteiger partial charge in [-0.25, -0.2) is 0 Å². The molecule has 1 amide bonds. The van der Waals surface area contributed by atoms with Crippen LogP contribution < -0.4 is 5.32 Å². The Balaban J connectivity index is 2.33. The van der Waals surface area contributed by atoms with E-state index in [2.05, 4.69) is 21.2 Å². The largest absolute Gasteiger partial charge is 0.379 e. The minimum Gasteiger partial charge on any atom is -0.379 e. The van der Waals surface area contributed by atoms with E-state index in [4.69, 9.17) is 16.3 Å². The van der Waals surface area contributed by atoms with Crippen molar-refractivity contribution in [2.24, 2.45) is 0 Å². The first-order chi connectivity index (χ1) is 7.66. The number of hydrogen-bond acceptors (Lipinski definition) is 3. The molecule has 90 valence electrons. The number of hydrogen-bond donors (Lipinski definition) is 1. The van der Waals surface area contributed by atoms with Gasteiger partial charge in [0.15, 0.2) is 0 Å². The Kier molecular flexibility index (Phi) is 6.34. The molecule has 0 bridgehead atoms. The number of halogens is 2. The maximum absolute atomic E-state index is 11.7. The molecule has 0 saturated carbocycles. The van der Waals surface area contributed by atoms with Crippen LogP contribution in [0.4, 0.5) is 0 Å². The molecule has 0 aliphatic carbocycles. The average molecular weight is 327 g/mol. The van der Waals surface area contributed by atoms with E-state index in [-0.39, 0.29) is 5.91 Å². The average Bonchev–Trinajstić information content (AvgIpc) is 2.59. The van der Waals surface area contributed by atoms with Gasteiger partial charge < -0.3 is 10.1 Å². The van der Waals surface area contributed by atoms with Crippen molar-refractivity contribution in [2.45, 2.75) is 6.92 Å². The number of rotatable bonds is 6. The fourth-order valence-electron chi connectivity index (χ4n) is 1.06. The zero-order valence-electron chi connectivity index (χ0n) is 8.89. The summed E-state index contributed by atoms with van der Waals surface area (Å²) in [5, 5.41) is 5.98. The van der Waals surface area contributed by atoms with E-state index in [1.165, 1.54) is 11.3 Å². The summed E-state index contributed by atoms with van der Waals surface area (Å²) in [5.74, 6) is -0.134. The zero-order valence-corrected chi connectivity index (χ0v) is 12.0. The summed E-state index contributed by atoms with van der Waals surface area (Å²) in [7, 11) is 0. The van der Waals surface area contributed by atoms with Gasteiger partial charge in [0.1, 0.15) is 4.88 Å². The molecule has 1 heterocycles. The Morgan fingerprint density at radius 2 is 2.38 bits per heavy atom. The van der Waals surface area contributed by atoms with Crippen LogP contribution in [0.25, 0.3) is 0 Å². The molecular formula is C10H13BrClNO2S. The van der Waals surface area contributed by atoms with Crippen LogP contribution in [0.15, 0.2) is 5.38 Å². The van der Waals surface area contributed by atoms with Crippen LogP contribution in [-0.2, 0) is 4.74 Å². The first-order valence-corrected chi connectivity index (χ1v) is 7.20. The molecule has 1 aromatic heterocycles. The summed E-state index contributed by atoms with van der Waals surface area (Å²) >= 11 is 10.6. The number of amides is 1. The van der Waals surface area contributed by atoms with Crippen LogP contribution in [0.3, 0.4) is 0 Å². The Morgan fingerprint density at radius 1 is 1.62 bits per heavy atom. The molecule has 0 radical (unpaired) electrons. The normalized spacial score (nSPS) is 10.4. The van der Waals surface area contributed by atoms with Gasteiger partial charge in [-0.2, -0.15) is 0 Å². The fraction of sp³-hybridized carbons (Fsp3) is 0.500. The highest BCUT2D eigenvalue weighted by Gasteiger charge is 2.13. The van der Waals surface area contributed by atoms with Gasteiger partial charge in [-0.1, -0.05) is 27.5 Å². The van der Waals surface area contributed by atoms with E-state index in [9.17, 15) is 4.79 Å². The van der Waals surface area contributed by atoms with Gasteiger partial charge in [-0.3, -0.25) is 4.79 Å². The molecule has 1 rings (SSSR count). The Morgan fingerprint density at radius 3 is 2.94 bits per heavy atom. The summed E-state index contributed by atoms with van der Waals surface area (Å²) in [6.07, 6.45) is 0. The number of thiophene rings is 1. The van der Waals surface area contributed by atoms with Gasteiger partial charge >= 0.3 is 0 Å². The molecule has 0 spiro atoms. The molecule has 6 heteroatoms. The lowest BCUT2D eigenvalue weighted by Gasteiger charge is -2.04. The summed E-state index contributed by atoms with van der Waals surface area (Å²) < 4.78 is 5.21. The van der Waals surface area contributed by atoms with Gasteiger partial charge in [0, 0.05) is 11.9 Å². The van der Waals surface area contributed by atoms with Crippen molar-refractivity contribution in [3.63, 3.8) is 0 Å². The van der Waals surface area contributed by atoms with Gasteiger partial charge in [0.2, 0.25) is 0 Å². The van der Waals surface area contributed by atoms with Crippen LogP contribution in [0.1, 0.15) is 15.2 Å². The van der Waals surface area contributed by atoms with Crippen LogP contribution in [0.2, 0.25) is 5.02 Å². The number of nitrogens with one attached hydrogen (secondary N) is 1. The predicted molar refractivity (Wildman–Crippen MR) is 71.0 cm³/mol. The maximum Gasteiger partial charge on any atom is 0.262 e. The molecule has 3 nitrogen and oxygen atoms in total. The van der Waals surface area contributed by atoms with Crippen LogP contribution >= 0.6 is 38.9 Å². The fourth-order valence-corrected chi connectivity index (χ4v) is 2.48. The van der Waals surface area contributed by atoms with Crippen molar-refractivity contribution in [1.29, 1.82) is 0 Å². The predicted octanol–water partition coefficient (Wildman–Crippen LogP) is 2.85. The van der Waals surface area contributed by atoms with Crippen molar-refractivity contribution >= 4 is 44.8 Å². The third-order valence-corrected chi connectivity index (χ3v) is 3.88. The Bertz CT molecular complexity index is 357. The first kappa shape index (κ1) is 14.0. The molecule has 1 aromatic rings. The second-order valence-corrected chi connectivity index (χ2v) is 5.17. The second-order valence-electron chi connectivity index (χ2n) is 3.12. The van der Waals surface area contributed by atoms with E-state index in [0.717, 1.165) is 10.9 Å². The summed E-state index contributed by atoms with van der Waals surface area (Å²) in [5.41, 5.74) is 0.937. The molecule has 1 N–H and O–H groups in total. The van der Waals surface area contributed by atoms with Gasteiger partial charge in [-0.15, -0.1) is 11.3 Å². The van der Waals surface area contributed by atoms with Crippen LogP contribution in [0, 0.1) is 6.92 Å². The number of aryl methyl sites for hydroxylation is 1. The second kappa shape index (κ2) is 7.27. The minimum atomic E-state index is -0.134. The molecule has 0 saturated heterocycles.